The molecule has 1 N–H and O–H groups in total. The van der Waals surface area contributed by atoms with E-state index in [1.807, 2.05) is 0 Å². The van der Waals surface area contributed by atoms with Crippen LogP contribution in [0.25, 0.3) is 0 Å². The quantitative estimate of drug-likeness (QED) is 0.700. The van der Waals surface area contributed by atoms with Gasteiger partial charge in [0.1, 0.15) is 11.7 Å². The molecule has 1 aliphatic heterocycles. The number of rotatable bonds is 0. The van der Waals surface area contributed by atoms with E-state index in [0.717, 1.165) is 38.0 Å². The zero-order chi connectivity index (χ0) is 15.3. The van der Waals surface area contributed by atoms with E-state index in [9.17, 15) is 9.90 Å². The average Bonchev–Trinajstić information content (AvgIpc) is 3.17. The zero-order valence-corrected chi connectivity index (χ0v) is 13.8. The summed E-state index contributed by atoms with van der Waals surface area (Å²) >= 11 is 0. The van der Waals surface area contributed by atoms with Crippen LogP contribution in [-0.2, 0) is 9.53 Å². The second-order valence-electron chi connectivity index (χ2n) is 9.32. The molecule has 1 saturated heterocycles. The third-order valence-corrected chi connectivity index (χ3v) is 8.90. The molecule has 5 rings (SSSR count). The van der Waals surface area contributed by atoms with Gasteiger partial charge in [-0.2, -0.15) is 0 Å². The first-order valence-electron chi connectivity index (χ1n) is 9.31. The van der Waals surface area contributed by atoms with Crippen molar-refractivity contribution in [2.24, 2.45) is 28.6 Å². The molecule has 0 bridgehead atoms. The molecule has 3 nitrogen and oxygen atoms in total. The van der Waals surface area contributed by atoms with Crippen LogP contribution in [0, 0.1) is 28.6 Å². The van der Waals surface area contributed by atoms with Crippen molar-refractivity contribution in [3.8, 4) is 0 Å². The Morgan fingerprint density at radius 2 is 1.86 bits per heavy atom. The van der Waals surface area contributed by atoms with Crippen LogP contribution in [0.15, 0.2) is 0 Å². The molecule has 0 aromatic heterocycles. The van der Waals surface area contributed by atoms with Crippen LogP contribution in [0.3, 0.4) is 0 Å². The highest BCUT2D eigenvalue weighted by Crippen LogP contribution is 2.72. The highest BCUT2D eigenvalue weighted by Gasteiger charge is 2.76. The number of aliphatic hydroxyl groups excluding tert-OH is 1. The monoisotopic (exact) mass is 304 g/mol. The van der Waals surface area contributed by atoms with Gasteiger partial charge in [-0.15, -0.1) is 0 Å². The highest BCUT2D eigenvalue weighted by molar-refractivity contribution is 5.88. The molecule has 0 aromatic rings. The van der Waals surface area contributed by atoms with Gasteiger partial charge in [-0.25, -0.2) is 0 Å². The van der Waals surface area contributed by atoms with Gasteiger partial charge in [0.05, 0.1) is 6.10 Å². The van der Waals surface area contributed by atoms with Gasteiger partial charge in [-0.1, -0.05) is 13.8 Å². The van der Waals surface area contributed by atoms with Crippen molar-refractivity contribution >= 4 is 5.78 Å². The number of carbonyl (C=O) groups excluding carboxylic acids is 1. The minimum Gasteiger partial charge on any atom is -0.393 e. The molecule has 5 fully saturated rings. The molecule has 4 saturated carbocycles. The Morgan fingerprint density at radius 1 is 1.05 bits per heavy atom. The first kappa shape index (κ1) is 14.0. The minimum absolute atomic E-state index is 0.0744. The molecule has 122 valence electrons. The summed E-state index contributed by atoms with van der Waals surface area (Å²) in [5.74, 6) is 2.48. The van der Waals surface area contributed by atoms with Crippen molar-refractivity contribution in [1.29, 1.82) is 0 Å². The molecule has 0 amide bonds. The lowest BCUT2D eigenvalue weighted by atomic mass is 9.45. The fraction of sp³-hybridized carbons (Fsp3) is 0.947. The van der Waals surface area contributed by atoms with E-state index in [4.69, 9.17) is 4.74 Å². The van der Waals surface area contributed by atoms with Crippen molar-refractivity contribution in [2.45, 2.75) is 83.0 Å². The summed E-state index contributed by atoms with van der Waals surface area (Å²) in [6.07, 6.45) is 8.42. The average molecular weight is 304 g/mol. The van der Waals surface area contributed by atoms with Crippen LogP contribution in [-0.4, -0.2) is 28.7 Å². The van der Waals surface area contributed by atoms with E-state index < -0.39 is 0 Å². The molecule has 5 aliphatic rings. The summed E-state index contributed by atoms with van der Waals surface area (Å²) in [6.45, 7) is 4.75. The summed E-state index contributed by atoms with van der Waals surface area (Å²) in [6, 6.07) is 0. The second kappa shape index (κ2) is 3.97. The van der Waals surface area contributed by atoms with Crippen LogP contribution in [0.1, 0.15) is 65.2 Å². The lowest BCUT2D eigenvalue weighted by Crippen LogP contribution is -2.58. The lowest BCUT2D eigenvalue weighted by Gasteiger charge is -2.59. The maximum absolute atomic E-state index is 12.1. The minimum atomic E-state index is -0.103. The predicted octanol–water partition coefficient (Wildman–Crippen LogP) is 3.09. The molecular weight excluding hydrogens is 276 g/mol. The Kier molecular flexibility index (Phi) is 2.52. The van der Waals surface area contributed by atoms with Crippen LogP contribution in [0.4, 0.5) is 0 Å². The Bertz CT molecular complexity index is 545. The van der Waals surface area contributed by atoms with Crippen LogP contribution >= 0.6 is 0 Å². The number of hydrogen-bond acceptors (Lipinski definition) is 3. The molecule has 1 heterocycles. The molecule has 0 unspecified atom stereocenters. The molecule has 0 aromatic carbocycles. The molecule has 1 spiro atoms. The smallest absolute Gasteiger partial charge is 0.164 e. The van der Waals surface area contributed by atoms with Gasteiger partial charge < -0.3 is 9.84 Å². The van der Waals surface area contributed by atoms with Gasteiger partial charge in [0.2, 0.25) is 0 Å². The third kappa shape index (κ3) is 1.36. The molecule has 22 heavy (non-hydrogen) atoms. The topological polar surface area (TPSA) is 49.8 Å². The van der Waals surface area contributed by atoms with E-state index in [1.165, 1.54) is 19.3 Å². The van der Waals surface area contributed by atoms with Gasteiger partial charge in [-0.05, 0) is 68.1 Å². The predicted molar refractivity (Wildman–Crippen MR) is 82.2 cm³/mol. The van der Waals surface area contributed by atoms with E-state index in [2.05, 4.69) is 13.8 Å². The summed E-state index contributed by atoms with van der Waals surface area (Å²) in [4.78, 5) is 12.1. The number of epoxide rings is 1. The fourth-order valence-corrected chi connectivity index (χ4v) is 7.47. The van der Waals surface area contributed by atoms with Crippen molar-refractivity contribution in [3.63, 3.8) is 0 Å². The van der Waals surface area contributed by atoms with Crippen molar-refractivity contribution in [2.75, 3.05) is 0 Å². The van der Waals surface area contributed by atoms with E-state index in [0.29, 0.717) is 17.6 Å². The Balaban J connectivity index is 1.51. The van der Waals surface area contributed by atoms with Crippen LogP contribution < -0.4 is 0 Å². The summed E-state index contributed by atoms with van der Waals surface area (Å²) in [5, 5.41) is 10.5. The number of Topliss-reactive ketones (excluding diaryl/α,β-unsaturated/α-hetero) is 1. The first-order valence-corrected chi connectivity index (χ1v) is 9.31. The maximum atomic E-state index is 12.1. The molecule has 3 heteroatoms. The Labute approximate surface area is 132 Å². The summed E-state index contributed by atoms with van der Waals surface area (Å²) in [5.41, 5.74) is 0.244. The third-order valence-electron chi connectivity index (χ3n) is 8.90. The SMILES string of the molecule is C[C@]12CC[C@H]3[C@@H](CC[C@]45O[C@H]4C(=O)CC[C@]35C)[C@@H]1CC[C@@H]2O. The number of ketones is 1. The van der Waals surface area contributed by atoms with Crippen LogP contribution in [0.2, 0.25) is 0 Å². The Hall–Kier alpha value is -0.410. The fourth-order valence-electron chi connectivity index (χ4n) is 7.47. The highest BCUT2D eigenvalue weighted by atomic mass is 16.6. The molecular formula is C19H28O3. The van der Waals surface area contributed by atoms with Gasteiger partial charge in [0.15, 0.2) is 5.78 Å². The van der Waals surface area contributed by atoms with Gasteiger partial charge in [0.25, 0.3) is 0 Å². The zero-order valence-electron chi connectivity index (χ0n) is 13.8. The van der Waals surface area contributed by atoms with Crippen molar-refractivity contribution < 1.29 is 14.6 Å². The van der Waals surface area contributed by atoms with Gasteiger partial charge in [-0.3, -0.25) is 4.79 Å². The molecule has 8 atom stereocenters. The number of fused-ring (bicyclic) bond motifs is 4. The number of hydrogen-bond donors (Lipinski definition) is 1. The van der Waals surface area contributed by atoms with E-state index in [-0.39, 0.29) is 28.6 Å². The number of carbonyl (C=O) groups is 1. The van der Waals surface area contributed by atoms with E-state index in [1.54, 1.807) is 0 Å². The molecule has 0 radical (unpaired) electrons. The second-order valence-corrected chi connectivity index (χ2v) is 9.32. The number of aliphatic hydroxyl groups is 1. The first-order chi connectivity index (χ1) is 10.4. The maximum Gasteiger partial charge on any atom is 0.164 e. The lowest BCUT2D eigenvalue weighted by molar-refractivity contribution is -0.133. The van der Waals surface area contributed by atoms with Gasteiger partial charge in [0, 0.05) is 11.8 Å². The molecule has 4 aliphatic carbocycles. The summed E-state index contributed by atoms with van der Waals surface area (Å²) < 4.78 is 6.09. The van der Waals surface area contributed by atoms with E-state index >= 15 is 0 Å². The van der Waals surface area contributed by atoms with Crippen LogP contribution in [0.5, 0.6) is 0 Å². The Morgan fingerprint density at radius 3 is 2.68 bits per heavy atom. The van der Waals surface area contributed by atoms with Crippen molar-refractivity contribution in [1.82, 2.24) is 0 Å². The largest absolute Gasteiger partial charge is 0.393 e. The summed E-state index contributed by atoms with van der Waals surface area (Å²) in [7, 11) is 0. The van der Waals surface area contributed by atoms with Crippen molar-refractivity contribution in [3.05, 3.63) is 0 Å². The standard InChI is InChI=1S/C19H28O3/c1-17-8-6-13-11(12(17)3-4-15(17)21)5-10-19-16(22-19)14(20)7-9-18(13,19)2/h11-13,15-16,21H,3-10H2,1-2H3/t11-,12-,13-,15-,16-,17-,18+,19-/m0/s1. The normalized spacial score (nSPS) is 62.7. The number of ether oxygens (including phenoxy) is 1. The van der Waals surface area contributed by atoms with Gasteiger partial charge >= 0.3 is 0 Å².